The molecule has 34 heavy (non-hydrogen) atoms. The van der Waals surface area contributed by atoms with Crippen LogP contribution in [0.2, 0.25) is 0 Å². The number of nitrogens with zero attached hydrogens (tertiary/aromatic N) is 4. The molecule has 0 saturated carbocycles. The van der Waals surface area contributed by atoms with E-state index in [4.69, 9.17) is 0 Å². The van der Waals surface area contributed by atoms with Gasteiger partial charge in [0.25, 0.3) is 11.5 Å². The van der Waals surface area contributed by atoms with Crippen molar-refractivity contribution < 1.29 is 9.18 Å². The minimum atomic E-state index is -0.388. The molecule has 0 bridgehead atoms. The monoisotopic (exact) mass is 459 g/mol. The first-order chi connectivity index (χ1) is 16.6. The number of amides is 1. The normalized spacial score (nSPS) is 13.7. The number of fused-ring (bicyclic) bond motifs is 2. The molecule has 0 fully saturated rings. The molecule has 1 aliphatic heterocycles. The fraction of sp³-hybridized carbons (Fsp3) is 0.269. The van der Waals surface area contributed by atoms with Crippen molar-refractivity contribution in [3.05, 3.63) is 105 Å². The summed E-state index contributed by atoms with van der Waals surface area (Å²) in [6.45, 7) is 4.78. The van der Waals surface area contributed by atoms with Crippen LogP contribution in [0.3, 0.4) is 0 Å². The van der Waals surface area contributed by atoms with E-state index in [9.17, 15) is 14.0 Å². The van der Waals surface area contributed by atoms with Gasteiger partial charge < -0.3 is 9.88 Å². The number of hydrogen-bond donors (Lipinski definition) is 1. The molecule has 4 aromatic rings. The Morgan fingerprint density at radius 2 is 1.88 bits per heavy atom. The molecule has 1 amide bonds. The molecule has 0 radical (unpaired) electrons. The minimum absolute atomic E-state index is 0.0542. The maximum atomic E-state index is 13.9. The van der Waals surface area contributed by atoms with Gasteiger partial charge in [-0.25, -0.2) is 4.39 Å². The minimum Gasteiger partial charge on any atom is -0.348 e. The van der Waals surface area contributed by atoms with E-state index in [-0.39, 0.29) is 23.8 Å². The molecule has 2 aromatic carbocycles. The van der Waals surface area contributed by atoms with E-state index in [2.05, 4.69) is 27.4 Å². The highest BCUT2D eigenvalue weighted by Gasteiger charge is 2.27. The van der Waals surface area contributed by atoms with Crippen LogP contribution >= 0.6 is 0 Å². The number of aromatic nitrogens is 3. The highest BCUT2D eigenvalue weighted by Crippen LogP contribution is 2.22. The van der Waals surface area contributed by atoms with Crippen LogP contribution in [0.25, 0.3) is 5.65 Å². The van der Waals surface area contributed by atoms with Gasteiger partial charge in [-0.05, 0) is 18.6 Å². The summed E-state index contributed by atoms with van der Waals surface area (Å²) in [7, 11) is 0. The van der Waals surface area contributed by atoms with Gasteiger partial charge in [-0.2, -0.15) is 9.61 Å². The standard InChI is InChI=1S/C26H26FN5O2/c1-2-31-23-12-13-30(16-18-8-4-3-5-9-18)17-21(23)26(34)32-25(31)20(15-29-32)24(33)28-14-19-10-6-7-11-22(19)27/h3-11,15H,2,12-14,16-17H2,1H3,(H,28,33). The van der Waals surface area contributed by atoms with E-state index >= 15 is 0 Å². The molecule has 0 saturated heterocycles. The van der Waals surface area contributed by atoms with E-state index in [1.807, 2.05) is 29.7 Å². The van der Waals surface area contributed by atoms with Gasteiger partial charge in [-0.3, -0.25) is 14.5 Å². The Morgan fingerprint density at radius 3 is 2.65 bits per heavy atom. The second kappa shape index (κ2) is 9.23. The molecule has 0 aliphatic carbocycles. The van der Waals surface area contributed by atoms with Gasteiger partial charge in [-0.1, -0.05) is 48.5 Å². The molecule has 0 atom stereocenters. The zero-order chi connectivity index (χ0) is 23.7. The summed E-state index contributed by atoms with van der Waals surface area (Å²) < 4.78 is 17.3. The summed E-state index contributed by atoms with van der Waals surface area (Å²) in [4.78, 5) is 28.6. The lowest BCUT2D eigenvalue weighted by Crippen LogP contribution is -2.38. The maximum Gasteiger partial charge on any atom is 0.279 e. The van der Waals surface area contributed by atoms with Crippen LogP contribution in [0.1, 0.15) is 39.7 Å². The summed E-state index contributed by atoms with van der Waals surface area (Å²) in [5, 5.41) is 7.03. The molecule has 174 valence electrons. The fourth-order valence-electron chi connectivity index (χ4n) is 4.69. The molecule has 2 aromatic heterocycles. The van der Waals surface area contributed by atoms with E-state index < -0.39 is 0 Å². The largest absolute Gasteiger partial charge is 0.348 e. The van der Waals surface area contributed by atoms with Crippen molar-refractivity contribution in [3.63, 3.8) is 0 Å². The molecular formula is C26H26FN5O2. The van der Waals surface area contributed by atoms with E-state index in [0.717, 1.165) is 24.3 Å². The quantitative estimate of drug-likeness (QED) is 0.481. The highest BCUT2D eigenvalue weighted by molar-refractivity contribution is 5.99. The average Bonchev–Trinajstić information content (AvgIpc) is 3.30. The average molecular weight is 460 g/mol. The number of benzene rings is 2. The highest BCUT2D eigenvalue weighted by atomic mass is 19.1. The van der Waals surface area contributed by atoms with Crippen LogP contribution in [-0.4, -0.2) is 31.5 Å². The molecule has 0 unspecified atom stereocenters. The van der Waals surface area contributed by atoms with Gasteiger partial charge in [0, 0.05) is 50.4 Å². The van der Waals surface area contributed by atoms with Gasteiger partial charge in [-0.15, -0.1) is 0 Å². The van der Waals surface area contributed by atoms with Crippen molar-refractivity contribution in [2.45, 2.75) is 39.5 Å². The number of rotatable bonds is 6. The van der Waals surface area contributed by atoms with Crippen LogP contribution in [-0.2, 0) is 32.6 Å². The summed E-state index contributed by atoms with van der Waals surface area (Å²) >= 11 is 0. The Hall–Kier alpha value is -3.78. The van der Waals surface area contributed by atoms with Gasteiger partial charge in [0.2, 0.25) is 0 Å². The predicted octanol–water partition coefficient (Wildman–Crippen LogP) is 3.14. The van der Waals surface area contributed by atoms with Crippen molar-refractivity contribution in [3.8, 4) is 0 Å². The predicted molar refractivity (Wildman–Crippen MR) is 127 cm³/mol. The SMILES string of the molecule is CCn1c2c(c(=O)n3ncc(C(=O)NCc4ccccc4F)c13)CN(Cc1ccccc1)CC2. The summed E-state index contributed by atoms with van der Waals surface area (Å²) in [5.74, 6) is -0.761. The Morgan fingerprint density at radius 1 is 1.12 bits per heavy atom. The lowest BCUT2D eigenvalue weighted by molar-refractivity contribution is 0.0951. The zero-order valence-electron chi connectivity index (χ0n) is 19.0. The smallest absolute Gasteiger partial charge is 0.279 e. The van der Waals surface area contributed by atoms with Crippen molar-refractivity contribution in [2.24, 2.45) is 0 Å². The number of hydrogen-bond acceptors (Lipinski definition) is 4. The van der Waals surface area contributed by atoms with E-state index in [1.54, 1.807) is 18.2 Å². The molecule has 7 nitrogen and oxygen atoms in total. The summed E-state index contributed by atoms with van der Waals surface area (Å²) in [6, 6.07) is 16.5. The van der Waals surface area contributed by atoms with Gasteiger partial charge in [0.15, 0.2) is 5.65 Å². The lowest BCUT2D eigenvalue weighted by atomic mass is 10.0. The fourth-order valence-corrected chi connectivity index (χ4v) is 4.69. The van der Waals surface area contributed by atoms with Crippen LogP contribution in [0.4, 0.5) is 4.39 Å². The first-order valence-electron chi connectivity index (χ1n) is 11.5. The van der Waals surface area contributed by atoms with Crippen LogP contribution < -0.4 is 10.9 Å². The molecule has 1 aliphatic rings. The van der Waals surface area contributed by atoms with Gasteiger partial charge in [0.1, 0.15) is 11.4 Å². The Balaban J connectivity index is 1.46. The van der Waals surface area contributed by atoms with Crippen molar-refractivity contribution in [2.75, 3.05) is 6.54 Å². The number of nitrogens with one attached hydrogen (secondary N) is 1. The first kappa shape index (κ1) is 22.0. The number of carbonyl (C=O) groups is 1. The molecule has 5 rings (SSSR count). The second-order valence-electron chi connectivity index (χ2n) is 8.49. The number of halogens is 1. The molecule has 8 heteroatoms. The van der Waals surface area contributed by atoms with Gasteiger partial charge in [0.05, 0.1) is 11.8 Å². The van der Waals surface area contributed by atoms with Crippen molar-refractivity contribution >= 4 is 11.6 Å². The summed E-state index contributed by atoms with van der Waals surface area (Å²) in [6.07, 6.45) is 2.13. The Bertz CT molecular complexity index is 1410. The topological polar surface area (TPSA) is 71.6 Å². The number of carbonyl (C=O) groups excluding carboxylic acids is 1. The molecule has 1 N–H and O–H groups in total. The third-order valence-electron chi connectivity index (χ3n) is 6.38. The third kappa shape index (κ3) is 4.01. The second-order valence-corrected chi connectivity index (χ2v) is 8.49. The summed E-state index contributed by atoms with van der Waals surface area (Å²) in [5.41, 5.74) is 3.87. The lowest BCUT2D eigenvalue weighted by Gasteiger charge is -2.30. The number of aryl methyl sites for hydroxylation is 1. The van der Waals surface area contributed by atoms with Crippen molar-refractivity contribution in [1.82, 2.24) is 24.4 Å². The first-order valence-corrected chi connectivity index (χ1v) is 11.5. The third-order valence-corrected chi connectivity index (χ3v) is 6.38. The Kier molecular flexibility index (Phi) is 5.98. The van der Waals surface area contributed by atoms with Crippen LogP contribution in [0.15, 0.2) is 65.6 Å². The maximum absolute atomic E-state index is 13.9. The Labute approximate surface area is 196 Å². The van der Waals surface area contributed by atoms with E-state index in [1.165, 1.54) is 22.3 Å². The van der Waals surface area contributed by atoms with Crippen LogP contribution in [0, 0.1) is 5.82 Å². The molecular weight excluding hydrogens is 433 g/mol. The van der Waals surface area contributed by atoms with E-state index in [0.29, 0.717) is 36.3 Å². The van der Waals surface area contributed by atoms with Crippen LogP contribution in [0.5, 0.6) is 0 Å². The van der Waals surface area contributed by atoms with Crippen molar-refractivity contribution in [1.29, 1.82) is 0 Å². The van der Waals surface area contributed by atoms with Gasteiger partial charge >= 0.3 is 0 Å². The zero-order valence-corrected chi connectivity index (χ0v) is 19.0. The molecule has 0 spiro atoms. The molecule has 3 heterocycles.